The highest BCUT2D eigenvalue weighted by Crippen LogP contribution is 2.24. The van der Waals surface area contributed by atoms with Crippen molar-refractivity contribution in [2.45, 2.75) is 39.2 Å². The summed E-state index contributed by atoms with van der Waals surface area (Å²) in [6, 6.07) is 5.82. The van der Waals surface area contributed by atoms with E-state index in [-0.39, 0.29) is 5.91 Å². The zero-order chi connectivity index (χ0) is 13.1. The van der Waals surface area contributed by atoms with Crippen LogP contribution in [0.2, 0.25) is 0 Å². The summed E-state index contributed by atoms with van der Waals surface area (Å²) in [6.07, 6.45) is 1.55. The molecule has 0 bridgehead atoms. The SMILES string of the molecule is CCCC(C)(N)C(=O)Nc1cc(C)ccc1Br. The summed E-state index contributed by atoms with van der Waals surface area (Å²) in [5.41, 5.74) is 7.02. The third-order valence-electron chi connectivity index (χ3n) is 2.66. The van der Waals surface area contributed by atoms with Gasteiger partial charge in [0.05, 0.1) is 11.2 Å². The van der Waals surface area contributed by atoms with Crippen molar-refractivity contribution in [2.75, 3.05) is 5.32 Å². The lowest BCUT2D eigenvalue weighted by Gasteiger charge is -2.23. The van der Waals surface area contributed by atoms with Crippen LogP contribution in [0.15, 0.2) is 22.7 Å². The minimum atomic E-state index is -0.821. The van der Waals surface area contributed by atoms with Crippen LogP contribution in [0.4, 0.5) is 5.69 Å². The second-order valence-electron chi connectivity index (χ2n) is 4.60. The fraction of sp³-hybridized carbons (Fsp3) is 0.462. The first kappa shape index (κ1) is 14.2. The number of benzene rings is 1. The zero-order valence-corrected chi connectivity index (χ0v) is 12.1. The Morgan fingerprint density at radius 3 is 2.76 bits per heavy atom. The summed E-state index contributed by atoms with van der Waals surface area (Å²) < 4.78 is 0.865. The molecule has 0 saturated heterocycles. The van der Waals surface area contributed by atoms with Crippen molar-refractivity contribution in [3.63, 3.8) is 0 Å². The Balaban J connectivity index is 2.84. The van der Waals surface area contributed by atoms with E-state index in [1.165, 1.54) is 0 Å². The summed E-state index contributed by atoms with van der Waals surface area (Å²) in [4.78, 5) is 12.0. The van der Waals surface area contributed by atoms with E-state index >= 15 is 0 Å². The Bertz CT molecular complexity index is 416. The van der Waals surface area contributed by atoms with E-state index in [1.54, 1.807) is 6.92 Å². The van der Waals surface area contributed by atoms with Gasteiger partial charge in [0.1, 0.15) is 0 Å². The van der Waals surface area contributed by atoms with Crippen molar-refractivity contribution in [1.82, 2.24) is 0 Å². The molecule has 0 heterocycles. The molecule has 1 unspecified atom stereocenters. The van der Waals surface area contributed by atoms with Crippen LogP contribution in [0.3, 0.4) is 0 Å². The highest BCUT2D eigenvalue weighted by molar-refractivity contribution is 9.10. The molecule has 3 nitrogen and oxygen atoms in total. The fourth-order valence-corrected chi connectivity index (χ4v) is 1.98. The molecule has 3 N–H and O–H groups in total. The minimum absolute atomic E-state index is 0.148. The standard InChI is InChI=1S/C13H19BrN2O/c1-4-7-13(3,15)12(17)16-11-8-9(2)5-6-10(11)14/h5-6,8H,4,7,15H2,1-3H3,(H,16,17). The molecule has 1 aromatic rings. The molecule has 0 aliphatic heterocycles. The number of hydrogen-bond acceptors (Lipinski definition) is 2. The smallest absolute Gasteiger partial charge is 0.244 e. The third-order valence-corrected chi connectivity index (χ3v) is 3.35. The molecule has 4 heteroatoms. The first-order valence-electron chi connectivity index (χ1n) is 5.73. The number of carbonyl (C=O) groups excluding carboxylic acids is 1. The maximum absolute atomic E-state index is 12.0. The molecule has 0 saturated carbocycles. The maximum atomic E-state index is 12.0. The molecule has 1 rings (SSSR count). The van der Waals surface area contributed by atoms with Gasteiger partial charge >= 0.3 is 0 Å². The van der Waals surface area contributed by atoms with Crippen molar-refractivity contribution in [3.05, 3.63) is 28.2 Å². The van der Waals surface area contributed by atoms with E-state index in [0.29, 0.717) is 6.42 Å². The largest absolute Gasteiger partial charge is 0.323 e. The normalized spacial score (nSPS) is 14.2. The van der Waals surface area contributed by atoms with Gasteiger partial charge in [-0.2, -0.15) is 0 Å². The Morgan fingerprint density at radius 2 is 2.18 bits per heavy atom. The quantitative estimate of drug-likeness (QED) is 0.897. The molecule has 0 aromatic heterocycles. The zero-order valence-electron chi connectivity index (χ0n) is 10.5. The minimum Gasteiger partial charge on any atom is -0.323 e. The Morgan fingerprint density at radius 1 is 1.53 bits per heavy atom. The predicted octanol–water partition coefficient (Wildman–Crippen LogP) is 3.21. The maximum Gasteiger partial charge on any atom is 0.244 e. The van der Waals surface area contributed by atoms with E-state index < -0.39 is 5.54 Å². The molecule has 1 aromatic carbocycles. The van der Waals surface area contributed by atoms with Gasteiger partial charge in [-0.25, -0.2) is 0 Å². The van der Waals surface area contributed by atoms with E-state index in [9.17, 15) is 4.79 Å². The van der Waals surface area contributed by atoms with Crippen LogP contribution in [-0.2, 0) is 4.79 Å². The fourth-order valence-electron chi connectivity index (χ4n) is 1.63. The van der Waals surface area contributed by atoms with Crippen LogP contribution in [0.25, 0.3) is 0 Å². The number of anilines is 1. The van der Waals surface area contributed by atoms with Crippen LogP contribution < -0.4 is 11.1 Å². The molecule has 1 atom stereocenters. The predicted molar refractivity (Wildman–Crippen MR) is 75.0 cm³/mol. The third kappa shape index (κ3) is 3.82. The van der Waals surface area contributed by atoms with Gasteiger partial charge in [-0.15, -0.1) is 0 Å². The van der Waals surface area contributed by atoms with Gasteiger partial charge in [0.2, 0.25) is 5.91 Å². The number of nitrogens with two attached hydrogens (primary N) is 1. The highest BCUT2D eigenvalue weighted by Gasteiger charge is 2.27. The molecule has 0 aliphatic rings. The van der Waals surface area contributed by atoms with Crippen molar-refractivity contribution in [1.29, 1.82) is 0 Å². The molecular formula is C13H19BrN2O. The first-order valence-corrected chi connectivity index (χ1v) is 6.52. The van der Waals surface area contributed by atoms with Gasteiger partial charge < -0.3 is 11.1 Å². The summed E-state index contributed by atoms with van der Waals surface area (Å²) in [7, 11) is 0. The van der Waals surface area contributed by atoms with Gasteiger partial charge in [-0.3, -0.25) is 4.79 Å². The lowest BCUT2D eigenvalue weighted by Crippen LogP contribution is -2.48. The van der Waals surface area contributed by atoms with Crippen LogP contribution in [-0.4, -0.2) is 11.4 Å². The van der Waals surface area contributed by atoms with E-state index in [4.69, 9.17) is 5.73 Å². The molecule has 17 heavy (non-hydrogen) atoms. The van der Waals surface area contributed by atoms with Gasteiger partial charge in [0.15, 0.2) is 0 Å². The van der Waals surface area contributed by atoms with Crippen molar-refractivity contribution < 1.29 is 4.79 Å². The average molecular weight is 299 g/mol. The lowest BCUT2D eigenvalue weighted by molar-refractivity contribution is -0.120. The molecule has 0 spiro atoms. The van der Waals surface area contributed by atoms with Crippen molar-refractivity contribution >= 4 is 27.5 Å². The number of hydrogen-bond donors (Lipinski definition) is 2. The van der Waals surface area contributed by atoms with Crippen molar-refractivity contribution in [2.24, 2.45) is 5.73 Å². The van der Waals surface area contributed by atoms with Gasteiger partial charge in [-0.1, -0.05) is 19.4 Å². The van der Waals surface area contributed by atoms with Crippen molar-refractivity contribution in [3.8, 4) is 0 Å². The number of halogens is 1. The van der Waals surface area contributed by atoms with Crippen LogP contribution >= 0.6 is 15.9 Å². The number of aryl methyl sites for hydroxylation is 1. The second-order valence-corrected chi connectivity index (χ2v) is 5.46. The molecule has 1 amide bonds. The number of nitrogens with one attached hydrogen (secondary N) is 1. The van der Waals surface area contributed by atoms with Crippen LogP contribution in [0, 0.1) is 6.92 Å². The van der Waals surface area contributed by atoms with E-state index in [2.05, 4.69) is 21.2 Å². The average Bonchev–Trinajstić information content (AvgIpc) is 2.23. The topological polar surface area (TPSA) is 55.1 Å². The van der Waals surface area contributed by atoms with Crippen LogP contribution in [0.1, 0.15) is 32.3 Å². The summed E-state index contributed by atoms with van der Waals surface area (Å²) in [5, 5.41) is 2.87. The molecule has 0 aliphatic carbocycles. The van der Waals surface area contributed by atoms with E-state index in [0.717, 1.165) is 22.1 Å². The number of rotatable bonds is 4. The Labute approximate surface area is 111 Å². The molecule has 0 radical (unpaired) electrons. The van der Waals surface area contributed by atoms with E-state index in [1.807, 2.05) is 32.0 Å². The lowest BCUT2D eigenvalue weighted by atomic mass is 9.96. The van der Waals surface area contributed by atoms with Gasteiger partial charge in [0.25, 0.3) is 0 Å². The first-order chi connectivity index (χ1) is 7.86. The second kappa shape index (κ2) is 5.65. The summed E-state index contributed by atoms with van der Waals surface area (Å²) in [5.74, 6) is -0.148. The Hall–Kier alpha value is -0.870. The van der Waals surface area contributed by atoms with Gasteiger partial charge in [0, 0.05) is 4.47 Å². The number of amides is 1. The van der Waals surface area contributed by atoms with Gasteiger partial charge in [-0.05, 0) is 53.9 Å². The summed E-state index contributed by atoms with van der Waals surface area (Å²) >= 11 is 3.41. The molecule has 94 valence electrons. The highest BCUT2D eigenvalue weighted by atomic mass is 79.9. The monoisotopic (exact) mass is 298 g/mol. The Kier molecular flexibility index (Phi) is 4.71. The molecular weight excluding hydrogens is 280 g/mol. The molecule has 0 fully saturated rings. The van der Waals surface area contributed by atoms with Crippen LogP contribution in [0.5, 0.6) is 0 Å². The summed E-state index contributed by atoms with van der Waals surface area (Å²) in [6.45, 7) is 5.76. The number of carbonyl (C=O) groups is 1.